The highest BCUT2D eigenvalue weighted by molar-refractivity contribution is 5.88. The quantitative estimate of drug-likeness (QED) is 0.914. The molecule has 1 N–H and O–H groups in total. The standard InChI is InChI=1S/C16H23NO3/c1-4-13-8-12(16(18)19)9-15(17-13)20-14-6-5-10(2)11(3)7-14/h8-11,14H,4-7H2,1-3H3,(H,18,19). The van der Waals surface area contributed by atoms with Crippen molar-refractivity contribution in [3.8, 4) is 5.88 Å². The number of aromatic nitrogens is 1. The van der Waals surface area contributed by atoms with Crippen LogP contribution in [0.1, 0.15) is 56.1 Å². The number of carboxylic acid groups (broad SMARTS) is 1. The van der Waals surface area contributed by atoms with Crippen LogP contribution < -0.4 is 4.74 Å². The molecule has 0 aromatic carbocycles. The van der Waals surface area contributed by atoms with E-state index in [1.54, 1.807) is 6.07 Å². The molecule has 0 radical (unpaired) electrons. The Hall–Kier alpha value is -1.58. The van der Waals surface area contributed by atoms with E-state index in [1.165, 1.54) is 6.07 Å². The molecule has 1 heterocycles. The molecule has 0 bridgehead atoms. The van der Waals surface area contributed by atoms with Gasteiger partial charge in [-0.2, -0.15) is 0 Å². The molecule has 2 rings (SSSR count). The van der Waals surface area contributed by atoms with E-state index in [2.05, 4.69) is 18.8 Å². The maximum absolute atomic E-state index is 11.1. The van der Waals surface area contributed by atoms with Gasteiger partial charge in [-0.15, -0.1) is 0 Å². The van der Waals surface area contributed by atoms with Gasteiger partial charge in [-0.1, -0.05) is 20.8 Å². The fraction of sp³-hybridized carbons (Fsp3) is 0.625. The topological polar surface area (TPSA) is 59.4 Å². The molecule has 0 spiro atoms. The van der Waals surface area contributed by atoms with Crippen LogP contribution in [0.4, 0.5) is 0 Å². The van der Waals surface area contributed by atoms with Crippen LogP contribution in [0.15, 0.2) is 12.1 Å². The van der Waals surface area contributed by atoms with Gasteiger partial charge in [-0.3, -0.25) is 0 Å². The van der Waals surface area contributed by atoms with Crippen molar-refractivity contribution in [3.05, 3.63) is 23.4 Å². The molecule has 1 fully saturated rings. The van der Waals surface area contributed by atoms with Gasteiger partial charge < -0.3 is 9.84 Å². The van der Waals surface area contributed by atoms with Gasteiger partial charge in [0.2, 0.25) is 5.88 Å². The number of carboxylic acids is 1. The summed E-state index contributed by atoms with van der Waals surface area (Å²) >= 11 is 0. The zero-order valence-corrected chi connectivity index (χ0v) is 12.4. The smallest absolute Gasteiger partial charge is 0.335 e. The van der Waals surface area contributed by atoms with Crippen LogP contribution in [0.25, 0.3) is 0 Å². The molecule has 1 aromatic rings. The molecule has 110 valence electrons. The molecular weight excluding hydrogens is 254 g/mol. The molecule has 20 heavy (non-hydrogen) atoms. The van der Waals surface area contributed by atoms with Gasteiger partial charge in [-0.25, -0.2) is 9.78 Å². The van der Waals surface area contributed by atoms with Crippen LogP contribution in [0.2, 0.25) is 0 Å². The maximum Gasteiger partial charge on any atom is 0.335 e. The molecule has 0 aliphatic heterocycles. The lowest BCUT2D eigenvalue weighted by atomic mass is 9.80. The first-order valence-corrected chi connectivity index (χ1v) is 7.40. The third-order valence-electron chi connectivity index (χ3n) is 4.30. The first-order valence-electron chi connectivity index (χ1n) is 7.40. The van der Waals surface area contributed by atoms with E-state index in [1.807, 2.05) is 6.92 Å². The van der Waals surface area contributed by atoms with Crippen molar-refractivity contribution >= 4 is 5.97 Å². The van der Waals surface area contributed by atoms with Crippen molar-refractivity contribution in [1.82, 2.24) is 4.98 Å². The second-order valence-electron chi connectivity index (χ2n) is 5.85. The van der Waals surface area contributed by atoms with Crippen LogP contribution in [0.3, 0.4) is 0 Å². The molecule has 1 aliphatic rings. The molecule has 1 aromatic heterocycles. The Bertz CT molecular complexity index is 487. The highest BCUT2D eigenvalue weighted by Gasteiger charge is 2.26. The first kappa shape index (κ1) is 14.8. The molecule has 4 nitrogen and oxygen atoms in total. The number of hydrogen-bond acceptors (Lipinski definition) is 3. The average Bonchev–Trinajstić information content (AvgIpc) is 2.42. The number of aryl methyl sites for hydroxylation is 1. The Morgan fingerprint density at radius 2 is 2.10 bits per heavy atom. The van der Waals surface area contributed by atoms with E-state index in [0.29, 0.717) is 18.2 Å². The van der Waals surface area contributed by atoms with E-state index < -0.39 is 5.97 Å². The van der Waals surface area contributed by atoms with Gasteiger partial charge in [0.15, 0.2) is 0 Å². The van der Waals surface area contributed by atoms with Crippen LogP contribution >= 0.6 is 0 Å². The minimum atomic E-state index is -0.933. The summed E-state index contributed by atoms with van der Waals surface area (Å²) in [6, 6.07) is 3.14. The zero-order valence-electron chi connectivity index (χ0n) is 12.4. The number of ether oxygens (including phenoxy) is 1. The highest BCUT2D eigenvalue weighted by atomic mass is 16.5. The van der Waals surface area contributed by atoms with E-state index in [0.717, 1.165) is 30.9 Å². The number of pyridine rings is 1. The summed E-state index contributed by atoms with van der Waals surface area (Å²) in [5.74, 6) is 0.896. The van der Waals surface area contributed by atoms with Gasteiger partial charge in [0.1, 0.15) is 6.10 Å². The van der Waals surface area contributed by atoms with Crippen molar-refractivity contribution in [2.45, 2.75) is 52.6 Å². The fourth-order valence-electron chi connectivity index (χ4n) is 2.70. The summed E-state index contributed by atoms with van der Waals surface area (Å²) in [5.41, 5.74) is 1.02. The Morgan fingerprint density at radius 1 is 1.35 bits per heavy atom. The van der Waals surface area contributed by atoms with Gasteiger partial charge in [0.05, 0.1) is 5.56 Å². The van der Waals surface area contributed by atoms with Crippen molar-refractivity contribution < 1.29 is 14.6 Å². The SMILES string of the molecule is CCc1cc(C(=O)O)cc(OC2CCC(C)C(C)C2)n1. The summed E-state index contributed by atoms with van der Waals surface area (Å²) in [6.45, 7) is 6.49. The normalized spacial score (nSPS) is 26.2. The lowest BCUT2D eigenvalue weighted by molar-refractivity contribution is 0.0693. The van der Waals surface area contributed by atoms with E-state index >= 15 is 0 Å². The predicted molar refractivity (Wildman–Crippen MR) is 77.2 cm³/mol. The number of rotatable bonds is 4. The highest BCUT2D eigenvalue weighted by Crippen LogP contribution is 2.31. The summed E-state index contributed by atoms with van der Waals surface area (Å²) in [4.78, 5) is 15.5. The largest absolute Gasteiger partial charge is 0.478 e. The molecule has 3 atom stereocenters. The Labute approximate surface area is 120 Å². The molecule has 1 aliphatic carbocycles. The number of hydrogen-bond donors (Lipinski definition) is 1. The average molecular weight is 277 g/mol. The lowest BCUT2D eigenvalue weighted by Gasteiger charge is -2.32. The zero-order chi connectivity index (χ0) is 14.7. The third kappa shape index (κ3) is 3.50. The molecule has 0 amide bonds. The minimum Gasteiger partial charge on any atom is -0.478 e. The Morgan fingerprint density at radius 3 is 2.70 bits per heavy atom. The van der Waals surface area contributed by atoms with Crippen molar-refractivity contribution in [1.29, 1.82) is 0 Å². The first-order chi connectivity index (χ1) is 9.49. The fourth-order valence-corrected chi connectivity index (χ4v) is 2.70. The van der Waals surface area contributed by atoms with E-state index in [-0.39, 0.29) is 11.7 Å². The monoisotopic (exact) mass is 277 g/mol. The number of aromatic carboxylic acids is 1. The summed E-state index contributed by atoms with van der Waals surface area (Å²) in [6.07, 6.45) is 4.05. The minimum absolute atomic E-state index is 0.155. The van der Waals surface area contributed by atoms with Gasteiger partial charge in [-0.05, 0) is 43.6 Å². The molecule has 3 unspecified atom stereocenters. The van der Waals surface area contributed by atoms with Crippen LogP contribution in [-0.4, -0.2) is 22.2 Å². The van der Waals surface area contributed by atoms with Gasteiger partial charge in [0.25, 0.3) is 0 Å². The Balaban J connectivity index is 2.12. The van der Waals surface area contributed by atoms with Crippen molar-refractivity contribution in [3.63, 3.8) is 0 Å². The second kappa shape index (κ2) is 6.25. The number of carbonyl (C=O) groups is 1. The molecular formula is C16H23NO3. The maximum atomic E-state index is 11.1. The Kier molecular flexibility index (Phi) is 4.63. The van der Waals surface area contributed by atoms with Gasteiger partial charge in [0, 0.05) is 11.8 Å². The lowest BCUT2D eigenvalue weighted by Crippen LogP contribution is -2.29. The second-order valence-corrected chi connectivity index (χ2v) is 5.85. The molecule has 1 saturated carbocycles. The van der Waals surface area contributed by atoms with E-state index in [9.17, 15) is 4.79 Å². The summed E-state index contributed by atoms with van der Waals surface area (Å²) in [7, 11) is 0. The van der Waals surface area contributed by atoms with Crippen LogP contribution in [-0.2, 0) is 6.42 Å². The molecule has 4 heteroatoms. The number of nitrogens with zero attached hydrogens (tertiary/aromatic N) is 1. The summed E-state index contributed by atoms with van der Waals surface area (Å²) in [5, 5.41) is 9.13. The van der Waals surface area contributed by atoms with Crippen LogP contribution in [0, 0.1) is 11.8 Å². The van der Waals surface area contributed by atoms with Crippen molar-refractivity contribution in [2.75, 3.05) is 0 Å². The van der Waals surface area contributed by atoms with E-state index in [4.69, 9.17) is 9.84 Å². The van der Waals surface area contributed by atoms with Crippen molar-refractivity contribution in [2.24, 2.45) is 11.8 Å². The van der Waals surface area contributed by atoms with Crippen LogP contribution in [0.5, 0.6) is 5.88 Å². The third-order valence-corrected chi connectivity index (χ3v) is 4.30. The summed E-state index contributed by atoms with van der Waals surface area (Å²) < 4.78 is 5.93. The molecule has 0 saturated heterocycles. The van der Waals surface area contributed by atoms with Gasteiger partial charge >= 0.3 is 5.97 Å². The predicted octanol–water partition coefficient (Wildman–Crippen LogP) is 3.55.